The van der Waals surface area contributed by atoms with Gasteiger partial charge in [-0.15, -0.1) is 0 Å². The Morgan fingerprint density at radius 1 is 1.04 bits per heavy atom. The number of nitrogen functional groups attached to an aromatic ring is 1. The molecule has 13 nitrogen and oxygen atoms in total. The van der Waals surface area contributed by atoms with E-state index in [0.29, 0.717) is 78.9 Å². The number of hydrogen-bond donors (Lipinski definition) is 2. The number of aromatic nitrogens is 6. The number of amides is 1. The number of carbonyl (C=O) groups excluding carboxylic acids is 1. The van der Waals surface area contributed by atoms with Gasteiger partial charge >= 0.3 is 6.18 Å². The molecule has 282 valence electrons. The quantitative estimate of drug-likeness (QED) is 0.152. The van der Waals surface area contributed by atoms with Crippen LogP contribution in [0.25, 0.3) is 33.2 Å². The van der Waals surface area contributed by atoms with Crippen LogP contribution in [0.15, 0.2) is 71.8 Å². The number of carbonyl (C=O) groups is 1. The standard InChI is InChI=1S/C39H35F3N8O5/c1-54-29-19-24(18-27(20-29)39(40,41)42)21-49-31(22-50-37-34(36(43)44-23-45-37)35(47-50)26-10-12-28(51)13-11-26)46-30-8-5-7-25(33(30)38(49)53)6-3-2-4-9-32(52)48-14-16-55-17-15-48/h5,7-8,10-13,18-20,23,51H,2,4,9,14-17,21-22H2,1H3,(H2,43,44,45). The van der Waals surface area contributed by atoms with E-state index in [0.717, 1.165) is 12.1 Å². The van der Waals surface area contributed by atoms with Crippen LogP contribution >= 0.6 is 0 Å². The molecule has 0 aliphatic carbocycles. The van der Waals surface area contributed by atoms with Gasteiger partial charge in [0, 0.05) is 37.1 Å². The normalized spacial score (nSPS) is 13.2. The van der Waals surface area contributed by atoms with Gasteiger partial charge in [-0.3, -0.25) is 14.2 Å². The van der Waals surface area contributed by atoms with Crippen molar-refractivity contribution in [1.29, 1.82) is 0 Å². The second kappa shape index (κ2) is 15.5. The fourth-order valence-electron chi connectivity index (χ4n) is 6.47. The average Bonchev–Trinajstić information content (AvgIpc) is 3.55. The van der Waals surface area contributed by atoms with E-state index >= 15 is 0 Å². The molecule has 3 aromatic heterocycles. The lowest BCUT2D eigenvalue weighted by atomic mass is 10.1. The lowest BCUT2D eigenvalue weighted by Crippen LogP contribution is -2.40. The van der Waals surface area contributed by atoms with Crippen molar-refractivity contribution in [3.05, 3.63) is 99.9 Å². The van der Waals surface area contributed by atoms with Crippen LogP contribution in [0.2, 0.25) is 0 Å². The summed E-state index contributed by atoms with van der Waals surface area (Å²) < 4.78 is 55.2. The average molecular weight is 753 g/mol. The highest BCUT2D eigenvalue weighted by Crippen LogP contribution is 2.34. The fraction of sp³-hybridized carbons (Fsp3) is 0.282. The molecule has 0 atom stereocenters. The maximum atomic E-state index is 14.6. The Bertz CT molecular complexity index is 2520. The van der Waals surface area contributed by atoms with Gasteiger partial charge in [-0.1, -0.05) is 17.9 Å². The number of ether oxygens (including phenoxy) is 2. The molecule has 3 aromatic carbocycles. The largest absolute Gasteiger partial charge is 0.508 e. The number of aromatic hydroxyl groups is 1. The van der Waals surface area contributed by atoms with Gasteiger partial charge in [0.25, 0.3) is 5.56 Å². The summed E-state index contributed by atoms with van der Waals surface area (Å²) in [7, 11) is 1.26. The summed E-state index contributed by atoms with van der Waals surface area (Å²) >= 11 is 0. The number of methoxy groups -OCH3 is 1. The van der Waals surface area contributed by atoms with E-state index in [1.165, 1.54) is 40.9 Å². The predicted molar refractivity (Wildman–Crippen MR) is 197 cm³/mol. The number of rotatable bonds is 9. The number of unbranched alkanes of at least 4 members (excludes halogenated alkanes) is 1. The third-order valence-corrected chi connectivity index (χ3v) is 9.20. The molecule has 1 amide bonds. The Hall–Kier alpha value is -6.47. The topological polar surface area (TPSA) is 164 Å². The molecule has 0 radical (unpaired) electrons. The molecule has 16 heteroatoms. The third kappa shape index (κ3) is 7.92. The summed E-state index contributed by atoms with van der Waals surface area (Å²) in [5, 5.41) is 15.3. The first kappa shape index (κ1) is 36.9. The summed E-state index contributed by atoms with van der Waals surface area (Å²) in [5.74, 6) is 6.50. The first-order valence-electron chi connectivity index (χ1n) is 17.4. The highest BCUT2D eigenvalue weighted by molar-refractivity contribution is 5.98. The number of benzene rings is 3. The minimum atomic E-state index is -4.67. The van der Waals surface area contributed by atoms with Crippen molar-refractivity contribution in [2.24, 2.45) is 0 Å². The van der Waals surface area contributed by atoms with E-state index in [2.05, 4.69) is 21.8 Å². The fourth-order valence-corrected chi connectivity index (χ4v) is 6.47. The SMILES string of the molecule is COc1cc(Cn2c(Cn3nc(-c4ccc(O)cc4)c4c(N)ncnc43)nc3cccc(C#CCCCC(=O)N4CCOCC4)c3c2=O)cc(C(F)(F)F)c1. The minimum absolute atomic E-state index is 0.0318. The second-order valence-corrected chi connectivity index (χ2v) is 12.8. The summed E-state index contributed by atoms with van der Waals surface area (Å²) in [5.41, 5.74) is 7.02. The summed E-state index contributed by atoms with van der Waals surface area (Å²) in [4.78, 5) is 42.3. The predicted octanol–water partition coefficient (Wildman–Crippen LogP) is 5.00. The van der Waals surface area contributed by atoms with E-state index in [9.17, 15) is 27.9 Å². The lowest BCUT2D eigenvalue weighted by Gasteiger charge is -2.26. The highest BCUT2D eigenvalue weighted by Gasteiger charge is 2.32. The third-order valence-electron chi connectivity index (χ3n) is 9.20. The number of nitrogens with zero attached hydrogens (tertiary/aromatic N) is 7. The van der Waals surface area contributed by atoms with E-state index in [1.807, 2.05) is 0 Å². The Labute approximate surface area is 312 Å². The summed E-state index contributed by atoms with van der Waals surface area (Å²) in [6.45, 7) is 1.72. The Morgan fingerprint density at radius 3 is 2.56 bits per heavy atom. The zero-order valence-electron chi connectivity index (χ0n) is 29.6. The van der Waals surface area contributed by atoms with Crippen LogP contribution < -0.4 is 16.0 Å². The molecule has 7 rings (SSSR count). The molecule has 0 bridgehead atoms. The van der Waals surface area contributed by atoms with Gasteiger partial charge in [-0.25, -0.2) is 19.6 Å². The van der Waals surface area contributed by atoms with E-state index in [-0.39, 0.29) is 53.1 Å². The molecule has 0 unspecified atom stereocenters. The molecule has 0 spiro atoms. The van der Waals surface area contributed by atoms with Crippen LogP contribution in [0.4, 0.5) is 19.0 Å². The van der Waals surface area contributed by atoms with Gasteiger partial charge in [0.05, 0.1) is 48.7 Å². The van der Waals surface area contributed by atoms with Gasteiger partial charge in [0.2, 0.25) is 5.91 Å². The summed E-state index contributed by atoms with van der Waals surface area (Å²) in [6.07, 6.45) is -2.15. The Morgan fingerprint density at radius 2 is 1.82 bits per heavy atom. The van der Waals surface area contributed by atoms with Crippen LogP contribution in [-0.4, -0.2) is 78.6 Å². The van der Waals surface area contributed by atoms with Crippen molar-refractivity contribution in [3.8, 4) is 34.6 Å². The molecule has 3 N–H and O–H groups in total. The molecule has 1 saturated heterocycles. The van der Waals surface area contributed by atoms with Gasteiger partial charge in [0.1, 0.15) is 41.7 Å². The van der Waals surface area contributed by atoms with Crippen LogP contribution in [0.1, 0.15) is 41.8 Å². The maximum absolute atomic E-state index is 14.6. The highest BCUT2D eigenvalue weighted by atomic mass is 19.4. The van der Waals surface area contributed by atoms with E-state index in [4.69, 9.17) is 25.3 Å². The van der Waals surface area contributed by atoms with Gasteiger partial charge in [0.15, 0.2) is 5.65 Å². The first-order chi connectivity index (χ1) is 26.5. The number of phenolic OH excluding ortho intramolecular Hbond substituents is 1. The monoisotopic (exact) mass is 752 g/mol. The number of nitrogens with two attached hydrogens (primary N) is 1. The molecular weight excluding hydrogens is 717 g/mol. The zero-order valence-corrected chi connectivity index (χ0v) is 29.6. The number of phenols is 1. The second-order valence-electron chi connectivity index (χ2n) is 12.8. The van der Waals surface area contributed by atoms with Gasteiger partial charge in [-0.05, 0) is 66.6 Å². The smallest absolute Gasteiger partial charge is 0.416 e. The van der Waals surface area contributed by atoms with Gasteiger partial charge < -0.3 is 25.2 Å². The first-order valence-corrected chi connectivity index (χ1v) is 17.4. The number of hydrogen-bond acceptors (Lipinski definition) is 10. The molecular formula is C39H35F3N8O5. The van der Waals surface area contributed by atoms with Crippen molar-refractivity contribution < 1.29 is 32.5 Å². The van der Waals surface area contributed by atoms with Crippen molar-refractivity contribution in [2.75, 3.05) is 39.1 Å². The van der Waals surface area contributed by atoms with Crippen molar-refractivity contribution in [3.63, 3.8) is 0 Å². The molecule has 4 heterocycles. The molecule has 1 aliphatic heterocycles. The Balaban J connectivity index is 1.30. The van der Waals surface area contributed by atoms with Crippen LogP contribution in [0, 0.1) is 11.8 Å². The van der Waals surface area contributed by atoms with Crippen LogP contribution in [0.5, 0.6) is 11.5 Å². The number of fused-ring (bicyclic) bond motifs is 2. The maximum Gasteiger partial charge on any atom is 0.416 e. The van der Waals surface area contributed by atoms with Gasteiger partial charge in [-0.2, -0.15) is 18.3 Å². The number of alkyl halides is 3. The molecule has 0 saturated carbocycles. The van der Waals surface area contributed by atoms with E-state index < -0.39 is 17.3 Å². The number of halogens is 3. The van der Waals surface area contributed by atoms with Crippen molar-refractivity contribution >= 4 is 33.7 Å². The van der Waals surface area contributed by atoms with E-state index in [1.54, 1.807) is 35.2 Å². The number of anilines is 1. The number of morpholine rings is 1. The minimum Gasteiger partial charge on any atom is -0.508 e. The zero-order chi connectivity index (χ0) is 38.7. The molecule has 55 heavy (non-hydrogen) atoms. The Kier molecular flexibility index (Phi) is 10.4. The van der Waals surface area contributed by atoms with Crippen molar-refractivity contribution in [1.82, 2.24) is 34.2 Å². The van der Waals surface area contributed by atoms with Crippen LogP contribution in [-0.2, 0) is 28.8 Å². The lowest BCUT2D eigenvalue weighted by molar-refractivity contribution is -0.138. The van der Waals surface area contributed by atoms with Crippen LogP contribution in [0.3, 0.4) is 0 Å². The molecule has 1 fully saturated rings. The molecule has 6 aromatic rings. The van der Waals surface area contributed by atoms with Crippen molar-refractivity contribution in [2.45, 2.75) is 38.5 Å². The molecule has 1 aliphatic rings. The summed E-state index contributed by atoms with van der Waals surface area (Å²) in [6, 6.07) is 14.6.